The maximum atomic E-state index is 12.7. The summed E-state index contributed by atoms with van der Waals surface area (Å²) in [7, 11) is 0. The minimum Gasteiger partial charge on any atom is -0.455 e. The minimum absolute atomic E-state index is 0.101. The van der Waals surface area contributed by atoms with Crippen molar-refractivity contribution in [2.75, 3.05) is 19.8 Å². The van der Waals surface area contributed by atoms with Crippen LogP contribution in [0.5, 0.6) is 0 Å². The van der Waals surface area contributed by atoms with E-state index in [2.05, 4.69) is 5.32 Å². The molecule has 24 heavy (non-hydrogen) atoms. The number of esters is 1. The van der Waals surface area contributed by atoms with Crippen LogP contribution in [0.2, 0.25) is 0 Å². The van der Waals surface area contributed by atoms with Gasteiger partial charge in [0.25, 0.3) is 5.91 Å². The zero-order valence-electron chi connectivity index (χ0n) is 14.0. The maximum absolute atomic E-state index is 12.7. The third kappa shape index (κ3) is 3.17. The largest absolute Gasteiger partial charge is 0.455 e. The van der Waals surface area contributed by atoms with E-state index in [0.717, 1.165) is 45.1 Å². The molecule has 5 aliphatic rings. The van der Waals surface area contributed by atoms with E-state index in [-0.39, 0.29) is 29.5 Å². The average Bonchev–Trinajstić information content (AvgIpc) is 3.01. The van der Waals surface area contributed by atoms with Gasteiger partial charge in [0.1, 0.15) is 0 Å². The SMILES string of the molecule is O=C(COC(=O)C12C[C@@H]3C[C@@H](CC(Cl)(C3)C1)C2)NC[C@H]1CCCO1. The summed E-state index contributed by atoms with van der Waals surface area (Å²) in [4.78, 5) is 24.4. The van der Waals surface area contributed by atoms with Crippen LogP contribution in [0.15, 0.2) is 0 Å². The summed E-state index contributed by atoms with van der Waals surface area (Å²) in [6.07, 6.45) is 7.86. The number of halogens is 1. The van der Waals surface area contributed by atoms with Crippen molar-refractivity contribution >= 4 is 23.5 Å². The van der Waals surface area contributed by atoms with Crippen LogP contribution in [0.4, 0.5) is 0 Å². The molecule has 0 aromatic carbocycles. The van der Waals surface area contributed by atoms with Crippen molar-refractivity contribution < 1.29 is 19.1 Å². The molecule has 0 aromatic rings. The summed E-state index contributed by atoms with van der Waals surface area (Å²) < 4.78 is 10.9. The van der Waals surface area contributed by atoms with Crippen LogP contribution in [0.3, 0.4) is 0 Å². The molecular formula is C18H26ClNO4. The maximum Gasteiger partial charge on any atom is 0.312 e. The Labute approximate surface area is 147 Å². The fourth-order valence-corrected chi connectivity index (χ4v) is 6.45. The van der Waals surface area contributed by atoms with Gasteiger partial charge in [-0.15, -0.1) is 11.6 Å². The van der Waals surface area contributed by atoms with Crippen molar-refractivity contribution in [1.29, 1.82) is 0 Å². The van der Waals surface area contributed by atoms with E-state index in [4.69, 9.17) is 21.1 Å². The molecule has 1 saturated heterocycles. The van der Waals surface area contributed by atoms with Gasteiger partial charge in [0, 0.05) is 18.0 Å². The van der Waals surface area contributed by atoms with Crippen LogP contribution in [0.1, 0.15) is 51.4 Å². The second-order valence-corrected chi connectivity index (χ2v) is 9.21. The lowest BCUT2D eigenvalue weighted by molar-refractivity contribution is -0.171. The summed E-state index contributed by atoms with van der Waals surface area (Å²) in [5, 5.41) is 2.79. The Morgan fingerprint density at radius 2 is 1.96 bits per heavy atom. The standard InChI is InChI=1S/C18H26ClNO4/c19-18-7-12-4-13(8-18)6-17(5-12,11-18)16(22)24-10-15(21)20-9-14-2-1-3-23-14/h12-14H,1-11H2,(H,20,21)/t12-,13+,14-,17?,18?/m1/s1. The van der Waals surface area contributed by atoms with Crippen LogP contribution in [0, 0.1) is 17.3 Å². The van der Waals surface area contributed by atoms with Gasteiger partial charge in [-0.3, -0.25) is 9.59 Å². The second-order valence-electron chi connectivity index (χ2n) is 8.41. The third-order valence-corrected chi connectivity index (χ3v) is 6.75. The third-order valence-electron chi connectivity index (χ3n) is 6.31. The van der Waals surface area contributed by atoms with E-state index in [1.54, 1.807) is 0 Å². The van der Waals surface area contributed by atoms with Gasteiger partial charge in [0.2, 0.25) is 0 Å². The second kappa shape index (κ2) is 6.17. The molecule has 1 N–H and O–H groups in total. The zero-order chi connectivity index (χ0) is 16.8. The van der Waals surface area contributed by atoms with Crippen molar-refractivity contribution in [2.24, 2.45) is 17.3 Å². The average molecular weight is 356 g/mol. The molecule has 5 atom stereocenters. The lowest BCUT2D eigenvalue weighted by Gasteiger charge is -2.58. The fourth-order valence-electron chi connectivity index (χ4n) is 5.76. The van der Waals surface area contributed by atoms with Gasteiger partial charge in [-0.2, -0.15) is 0 Å². The van der Waals surface area contributed by atoms with Crippen molar-refractivity contribution in [3.8, 4) is 0 Å². The van der Waals surface area contributed by atoms with Crippen LogP contribution in [-0.2, 0) is 19.1 Å². The van der Waals surface area contributed by atoms with E-state index in [1.807, 2.05) is 0 Å². The smallest absolute Gasteiger partial charge is 0.312 e. The monoisotopic (exact) mass is 355 g/mol. The Morgan fingerprint density at radius 3 is 2.58 bits per heavy atom. The number of carbonyl (C=O) groups is 2. The van der Waals surface area contributed by atoms with Gasteiger partial charge in [0.05, 0.1) is 11.5 Å². The van der Waals surface area contributed by atoms with E-state index in [1.165, 1.54) is 6.42 Å². The fraction of sp³-hybridized carbons (Fsp3) is 0.889. The Balaban J connectivity index is 1.29. The molecule has 134 valence electrons. The quantitative estimate of drug-likeness (QED) is 0.607. The van der Waals surface area contributed by atoms with Crippen molar-refractivity contribution in [1.82, 2.24) is 5.32 Å². The summed E-state index contributed by atoms with van der Waals surface area (Å²) in [5.74, 6) is 0.632. The predicted octanol–water partition coefficient (Wildman–Crippen LogP) is 2.40. The molecule has 5 rings (SSSR count). The molecule has 6 heteroatoms. The first-order valence-corrected chi connectivity index (χ1v) is 9.59. The summed E-state index contributed by atoms with van der Waals surface area (Å²) >= 11 is 6.75. The van der Waals surface area contributed by atoms with Gasteiger partial charge >= 0.3 is 5.97 Å². The Hall–Kier alpha value is -0.810. The Kier molecular flexibility index (Phi) is 4.28. The number of ether oxygens (including phenoxy) is 2. The molecule has 4 aliphatic carbocycles. The van der Waals surface area contributed by atoms with Gasteiger partial charge in [-0.25, -0.2) is 0 Å². The highest BCUT2D eigenvalue weighted by Gasteiger charge is 2.60. The van der Waals surface area contributed by atoms with E-state index >= 15 is 0 Å². The molecule has 0 spiro atoms. The van der Waals surface area contributed by atoms with Crippen LogP contribution in [-0.4, -0.2) is 42.6 Å². The van der Waals surface area contributed by atoms with Crippen molar-refractivity contribution in [3.05, 3.63) is 0 Å². The summed E-state index contributed by atoms with van der Waals surface area (Å²) in [5.41, 5.74) is -0.444. The first-order chi connectivity index (χ1) is 11.5. The molecule has 5 fully saturated rings. The topological polar surface area (TPSA) is 64.6 Å². The lowest BCUT2D eigenvalue weighted by atomic mass is 9.49. The molecule has 0 aromatic heterocycles. The van der Waals surface area contributed by atoms with Gasteiger partial charge in [0.15, 0.2) is 6.61 Å². The molecule has 2 unspecified atom stereocenters. The molecular weight excluding hydrogens is 330 g/mol. The zero-order valence-corrected chi connectivity index (χ0v) is 14.8. The van der Waals surface area contributed by atoms with Crippen LogP contribution in [0.25, 0.3) is 0 Å². The first kappa shape index (κ1) is 16.6. The first-order valence-electron chi connectivity index (χ1n) is 9.21. The van der Waals surface area contributed by atoms with Crippen LogP contribution >= 0.6 is 11.6 Å². The molecule has 5 nitrogen and oxygen atoms in total. The van der Waals surface area contributed by atoms with E-state index in [0.29, 0.717) is 24.8 Å². The molecule has 0 radical (unpaired) electrons. The van der Waals surface area contributed by atoms with Crippen molar-refractivity contribution in [2.45, 2.75) is 62.3 Å². The summed E-state index contributed by atoms with van der Waals surface area (Å²) in [6, 6.07) is 0. The Morgan fingerprint density at radius 1 is 1.21 bits per heavy atom. The number of hydrogen-bond acceptors (Lipinski definition) is 4. The van der Waals surface area contributed by atoms with Crippen molar-refractivity contribution in [3.63, 3.8) is 0 Å². The molecule has 4 bridgehead atoms. The van der Waals surface area contributed by atoms with E-state index in [9.17, 15) is 9.59 Å². The van der Waals surface area contributed by atoms with Gasteiger partial charge in [-0.05, 0) is 63.2 Å². The normalized spacial score (nSPS) is 43.0. The lowest BCUT2D eigenvalue weighted by Crippen LogP contribution is -2.56. The van der Waals surface area contributed by atoms with Gasteiger partial charge in [-0.1, -0.05) is 0 Å². The highest BCUT2D eigenvalue weighted by Crippen LogP contribution is 2.64. The minimum atomic E-state index is -0.444. The number of amides is 1. The summed E-state index contributed by atoms with van der Waals surface area (Å²) in [6.45, 7) is 1.06. The molecule has 1 amide bonds. The number of alkyl halides is 1. The van der Waals surface area contributed by atoms with Gasteiger partial charge < -0.3 is 14.8 Å². The highest BCUT2D eigenvalue weighted by molar-refractivity contribution is 6.24. The number of carbonyl (C=O) groups excluding carboxylic acids is 2. The highest BCUT2D eigenvalue weighted by atomic mass is 35.5. The predicted molar refractivity (Wildman–Crippen MR) is 88.6 cm³/mol. The number of hydrogen-bond donors (Lipinski definition) is 1. The van der Waals surface area contributed by atoms with E-state index < -0.39 is 5.41 Å². The van der Waals surface area contributed by atoms with Crippen LogP contribution < -0.4 is 5.32 Å². The molecule has 1 aliphatic heterocycles. The molecule has 4 saturated carbocycles. The number of nitrogens with one attached hydrogen (secondary N) is 1. The Bertz CT molecular complexity index is 517. The molecule has 1 heterocycles. The number of rotatable bonds is 5.